The Morgan fingerprint density at radius 3 is 2.37 bits per heavy atom. The lowest BCUT2D eigenvalue weighted by Gasteiger charge is -2.43. The maximum absolute atomic E-state index is 12.9. The Morgan fingerprint density at radius 1 is 1.15 bits per heavy atom. The van der Waals surface area contributed by atoms with Crippen LogP contribution in [0.5, 0.6) is 0 Å². The average Bonchev–Trinajstić information content (AvgIpc) is 2.57. The van der Waals surface area contributed by atoms with Gasteiger partial charge in [0.2, 0.25) is 0 Å². The van der Waals surface area contributed by atoms with Gasteiger partial charge >= 0.3 is 0 Å². The summed E-state index contributed by atoms with van der Waals surface area (Å²) >= 11 is 3.42. The van der Waals surface area contributed by atoms with Crippen LogP contribution < -0.4 is 5.32 Å². The fraction of sp³-hybridized carbons (Fsp3) is 0.278. The normalized spacial score (nSPS) is 14.9. The van der Waals surface area contributed by atoms with Crippen LogP contribution in [0.3, 0.4) is 0 Å². The second-order valence-electron chi connectivity index (χ2n) is 6.55. The zero-order chi connectivity index (χ0) is 19.8. The number of nitrogens with one attached hydrogen (secondary N) is 1. The predicted octanol–water partition coefficient (Wildman–Crippen LogP) is 4.38. The Morgan fingerprint density at radius 2 is 1.85 bits per heavy atom. The summed E-state index contributed by atoms with van der Waals surface area (Å²) in [4.78, 5) is 33.8. The van der Waals surface area contributed by atoms with Gasteiger partial charge in [-0.1, -0.05) is 28.1 Å². The molecule has 1 saturated carbocycles. The van der Waals surface area contributed by atoms with Crippen LogP contribution in [0, 0.1) is 27.2 Å². The number of nitro benzene ring substituents is 2. The molecular weight excluding hydrogens is 418 g/mol. The van der Waals surface area contributed by atoms with Gasteiger partial charge in [-0.3, -0.25) is 25.0 Å². The molecule has 0 saturated heterocycles. The largest absolute Gasteiger partial charge is 0.343 e. The second-order valence-corrected chi connectivity index (χ2v) is 7.47. The van der Waals surface area contributed by atoms with E-state index in [2.05, 4.69) is 21.2 Å². The highest BCUT2D eigenvalue weighted by Crippen LogP contribution is 2.42. The van der Waals surface area contributed by atoms with E-state index in [1.54, 1.807) is 0 Å². The molecule has 1 amide bonds. The van der Waals surface area contributed by atoms with E-state index in [0.717, 1.165) is 41.4 Å². The first kappa shape index (κ1) is 19.0. The number of nitro groups is 2. The smallest absolute Gasteiger partial charge is 0.279 e. The van der Waals surface area contributed by atoms with Gasteiger partial charge in [0.25, 0.3) is 17.3 Å². The summed E-state index contributed by atoms with van der Waals surface area (Å²) in [5, 5.41) is 25.3. The van der Waals surface area contributed by atoms with E-state index < -0.39 is 32.7 Å². The van der Waals surface area contributed by atoms with E-state index >= 15 is 0 Å². The van der Waals surface area contributed by atoms with Crippen LogP contribution in [0.15, 0.2) is 40.9 Å². The molecule has 1 aliphatic rings. The number of nitrogens with zero attached hydrogens (tertiary/aromatic N) is 2. The molecule has 1 N–H and O–H groups in total. The molecule has 0 aliphatic heterocycles. The number of non-ortho nitro benzene ring substituents is 1. The summed E-state index contributed by atoms with van der Waals surface area (Å²) < 4.78 is 0.877. The minimum absolute atomic E-state index is 0.0582. The molecule has 0 bridgehead atoms. The highest BCUT2D eigenvalue weighted by Gasteiger charge is 2.41. The standard InChI is InChI=1S/C18H16BrN3O5/c1-11-15(9-14(21(24)25)10-16(11)22(26)27)17(23)20-18(6-3-7-18)12-4-2-5-13(19)8-12/h2,4-5,8-10H,3,6-7H2,1H3,(H,20,23). The van der Waals surface area contributed by atoms with E-state index in [1.807, 2.05) is 24.3 Å². The van der Waals surface area contributed by atoms with Crippen molar-refractivity contribution in [3.8, 4) is 0 Å². The van der Waals surface area contributed by atoms with Gasteiger partial charge in [0, 0.05) is 16.1 Å². The average molecular weight is 434 g/mol. The third-order valence-electron chi connectivity index (χ3n) is 4.95. The molecule has 0 aromatic heterocycles. The first-order chi connectivity index (χ1) is 12.7. The molecule has 0 atom stereocenters. The molecule has 0 spiro atoms. The summed E-state index contributed by atoms with van der Waals surface area (Å²) in [5.74, 6) is -0.557. The number of carbonyl (C=O) groups excluding carboxylic acids is 1. The number of hydrogen-bond donors (Lipinski definition) is 1. The second kappa shape index (κ2) is 7.07. The molecule has 1 aliphatic carbocycles. The van der Waals surface area contributed by atoms with Crippen molar-refractivity contribution in [2.75, 3.05) is 0 Å². The lowest BCUT2D eigenvalue weighted by atomic mass is 9.71. The summed E-state index contributed by atoms with van der Waals surface area (Å²) in [6.07, 6.45) is 2.39. The molecule has 140 valence electrons. The van der Waals surface area contributed by atoms with Gasteiger partial charge in [-0.2, -0.15) is 0 Å². The monoisotopic (exact) mass is 433 g/mol. The third kappa shape index (κ3) is 3.55. The first-order valence-corrected chi connectivity index (χ1v) is 9.05. The SMILES string of the molecule is Cc1c(C(=O)NC2(c3cccc(Br)c3)CCC2)cc([N+](=O)[O-])cc1[N+](=O)[O-]. The summed E-state index contributed by atoms with van der Waals surface area (Å²) in [7, 11) is 0. The van der Waals surface area contributed by atoms with Crippen molar-refractivity contribution in [3.05, 3.63) is 77.8 Å². The quantitative estimate of drug-likeness (QED) is 0.554. The van der Waals surface area contributed by atoms with Crippen molar-refractivity contribution in [1.82, 2.24) is 5.32 Å². The number of halogens is 1. The lowest BCUT2D eigenvalue weighted by molar-refractivity contribution is -0.394. The van der Waals surface area contributed by atoms with E-state index in [9.17, 15) is 25.0 Å². The van der Waals surface area contributed by atoms with Crippen LogP contribution >= 0.6 is 15.9 Å². The molecule has 8 nitrogen and oxygen atoms in total. The highest BCUT2D eigenvalue weighted by atomic mass is 79.9. The third-order valence-corrected chi connectivity index (χ3v) is 5.45. The Balaban J connectivity index is 2.00. The zero-order valence-electron chi connectivity index (χ0n) is 14.4. The molecule has 9 heteroatoms. The lowest BCUT2D eigenvalue weighted by Crippen LogP contribution is -2.51. The van der Waals surface area contributed by atoms with Gasteiger partial charge in [-0.25, -0.2) is 0 Å². The molecule has 27 heavy (non-hydrogen) atoms. The molecule has 1 fully saturated rings. The number of carbonyl (C=O) groups is 1. The van der Waals surface area contributed by atoms with Gasteiger partial charge in [0.05, 0.1) is 27.0 Å². The molecule has 0 unspecified atom stereocenters. The van der Waals surface area contributed by atoms with Crippen LogP contribution in [0.4, 0.5) is 11.4 Å². The van der Waals surface area contributed by atoms with Crippen LogP contribution in [0.2, 0.25) is 0 Å². The number of amides is 1. The fourth-order valence-electron chi connectivity index (χ4n) is 3.30. The van der Waals surface area contributed by atoms with Gasteiger partial charge in [0.1, 0.15) is 0 Å². The number of rotatable bonds is 5. The molecule has 3 rings (SSSR count). The molecule has 2 aromatic rings. The van der Waals surface area contributed by atoms with Crippen molar-refractivity contribution in [2.24, 2.45) is 0 Å². The van der Waals surface area contributed by atoms with Crippen molar-refractivity contribution < 1.29 is 14.6 Å². The highest BCUT2D eigenvalue weighted by molar-refractivity contribution is 9.10. The van der Waals surface area contributed by atoms with Crippen molar-refractivity contribution in [3.63, 3.8) is 0 Å². The minimum atomic E-state index is -0.739. The molecule has 0 heterocycles. The minimum Gasteiger partial charge on any atom is -0.343 e. The van der Waals surface area contributed by atoms with Crippen LogP contribution in [-0.4, -0.2) is 15.8 Å². The van der Waals surface area contributed by atoms with Crippen molar-refractivity contribution >= 4 is 33.2 Å². The summed E-state index contributed by atoms with van der Waals surface area (Å²) in [6, 6.07) is 9.54. The number of benzene rings is 2. The maximum Gasteiger partial charge on any atom is 0.279 e. The van der Waals surface area contributed by atoms with Crippen LogP contribution in [0.1, 0.15) is 40.7 Å². The van der Waals surface area contributed by atoms with Crippen LogP contribution in [0.25, 0.3) is 0 Å². The summed E-state index contributed by atoms with van der Waals surface area (Å²) in [6.45, 7) is 1.42. The first-order valence-electron chi connectivity index (χ1n) is 8.25. The predicted molar refractivity (Wildman–Crippen MR) is 102 cm³/mol. The molecule has 2 aromatic carbocycles. The molecular formula is C18H16BrN3O5. The van der Waals surface area contributed by atoms with Gasteiger partial charge in [-0.15, -0.1) is 0 Å². The Labute approximate surface area is 163 Å². The molecule has 0 radical (unpaired) electrons. The van der Waals surface area contributed by atoms with Crippen molar-refractivity contribution in [2.45, 2.75) is 31.7 Å². The Kier molecular flexibility index (Phi) is 4.97. The van der Waals surface area contributed by atoms with Gasteiger partial charge in [-0.05, 0) is 43.9 Å². The fourth-order valence-corrected chi connectivity index (χ4v) is 3.70. The topological polar surface area (TPSA) is 115 Å². The van der Waals surface area contributed by atoms with Crippen molar-refractivity contribution in [1.29, 1.82) is 0 Å². The van der Waals surface area contributed by atoms with E-state index in [-0.39, 0.29) is 11.1 Å². The summed E-state index contributed by atoms with van der Waals surface area (Å²) in [5.41, 5.74) is -0.535. The van der Waals surface area contributed by atoms with Gasteiger partial charge < -0.3 is 5.32 Å². The van der Waals surface area contributed by atoms with Gasteiger partial charge in [0.15, 0.2) is 0 Å². The Hall–Kier alpha value is -2.81. The van der Waals surface area contributed by atoms with E-state index in [1.165, 1.54) is 6.92 Å². The van der Waals surface area contributed by atoms with E-state index in [0.29, 0.717) is 0 Å². The Bertz CT molecular complexity index is 956. The zero-order valence-corrected chi connectivity index (χ0v) is 16.0. The van der Waals surface area contributed by atoms with E-state index in [4.69, 9.17) is 0 Å². The van der Waals surface area contributed by atoms with Crippen LogP contribution in [-0.2, 0) is 5.54 Å². The maximum atomic E-state index is 12.9. The number of hydrogen-bond acceptors (Lipinski definition) is 5.